The van der Waals surface area contributed by atoms with Crippen molar-refractivity contribution in [2.24, 2.45) is 4.99 Å². The number of aromatic nitrogens is 3. The van der Waals surface area contributed by atoms with Crippen molar-refractivity contribution in [3.05, 3.63) is 47.0 Å². The van der Waals surface area contributed by atoms with E-state index in [2.05, 4.69) is 32.3 Å². The predicted molar refractivity (Wildman–Crippen MR) is 88.8 cm³/mol. The minimum absolute atomic E-state index is 0.589. The highest BCUT2D eigenvalue weighted by Crippen LogP contribution is 2.11. The van der Waals surface area contributed by atoms with Crippen LogP contribution in [0.1, 0.15) is 18.3 Å². The molecule has 0 saturated carbocycles. The maximum Gasteiger partial charge on any atom is 0.194 e. The Balaban J connectivity index is 1.94. The van der Waals surface area contributed by atoms with Crippen molar-refractivity contribution < 1.29 is 0 Å². The molecule has 0 bridgehead atoms. The molecule has 1 aromatic heterocycles. The molecule has 0 unspecified atom stereocenters. The van der Waals surface area contributed by atoms with Gasteiger partial charge < -0.3 is 14.8 Å². The number of rotatable bonds is 5. The van der Waals surface area contributed by atoms with Gasteiger partial charge in [-0.1, -0.05) is 23.7 Å². The molecular formula is C15H21ClN6. The van der Waals surface area contributed by atoms with Crippen LogP contribution in [0.3, 0.4) is 0 Å². The summed E-state index contributed by atoms with van der Waals surface area (Å²) in [6.45, 7) is 4.25. The van der Waals surface area contributed by atoms with Gasteiger partial charge in [-0.15, -0.1) is 10.2 Å². The lowest BCUT2D eigenvalue weighted by molar-refractivity contribution is 0.474. The van der Waals surface area contributed by atoms with E-state index < -0.39 is 0 Å². The molecule has 0 atom stereocenters. The molecule has 2 rings (SSSR count). The summed E-state index contributed by atoms with van der Waals surface area (Å²) in [6, 6.07) is 7.81. The molecule has 0 aliphatic carbocycles. The largest absolute Gasteiger partial charge is 0.349 e. The Morgan fingerprint density at radius 2 is 2.09 bits per heavy atom. The number of guanidine groups is 1. The van der Waals surface area contributed by atoms with E-state index in [1.54, 1.807) is 13.4 Å². The van der Waals surface area contributed by atoms with Gasteiger partial charge in [-0.2, -0.15) is 0 Å². The van der Waals surface area contributed by atoms with Crippen molar-refractivity contribution in [1.82, 2.24) is 25.0 Å². The predicted octanol–water partition coefficient (Wildman–Crippen LogP) is 2.16. The van der Waals surface area contributed by atoms with Gasteiger partial charge in [-0.3, -0.25) is 4.99 Å². The number of nitrogens with one attached hydrogen (secondary N) is 1. The first-order valence-electron chi connectivity index (χ1n) is 7.17. The lowest BCUT2D eigenvalue weighted by Gasteiger charge is -2.22. The van der Waals surface area contributed by atoms with Crippen LogP contribution in [0.2, 0.25) is 5.02 Å². The zero-order chi connectivity index (χ0) is 15.9. The lowest BCUT2D eigenvalue weighted by atomic mass is 10.2. The smallest absolute Gasteiger partial charge is 0.194 e. The third-order valence-corrected chi connectivity index (χ3v) is 3.60. The third kappa shape index (κ3) is 4.21. The summed E-state index contributed by atoms with van der Waals surface area (Å²) >= 11 is 5.91. The summed E-state index contributed by atoms with van der Waals surface area (Å²) < 4.78 is 2.00. The van der Waals surface area contributed by atoms with E-state index in [4.69, 9.17) is 11.6 Å². The molecule has 0 aliphatic heterocycles. The number of nitrogens with zero attached hydrogens (tertiary/aromatic N) is 5. The average Bonchev–Trinajstić information content (AvgIpc) is 2.98. The van der Waals surface area contributed by atoms with Crippen molar-refractivity contribution in [3.8, 4) is 0 Å². The molecule has 0 saturated heterocycles. The fraction of sp³-hybridized carbons (Fsp3) is 0.400. The number of halogens is 1. The van der Waals surface area contributed by atoms with Crippen molar-refractivity contribution in [3.63, 3.8) is 0 Å². The standard InChI is InChI=1S/C15H21ClN6/c1-4-22-11-19-20-14(22)9-18-15(17-2)21(3)10-12-5-7-13(16)8-6-12/h5-8,11H,4,9-10H2,1-3H3,(H,17,18). The van der Waals surface area contributed by atoms with Crippen molar-refractivity contribution in [2.75, 3.05) is 14.1 Å². The third-order valence-electron chi connectivity index (χ3n) is 3.35. The Kier molecular flexibility index (Phi) is 5.77. The molecule has 7 heteroatoms. The summed E-state index contributed by atoms with van der Waals surface area (Å²) in [5, 5.41) is 12.1. The molecular weight excluding hydrogens is 300 g/mol. The van der Waals surface area contributed by atoms with E-state index >= 15 is 0 Å². The second-order valence-corrected chi connectivity index (χ2v) is 5.35. The maximum atomic E-state index is 5.91. The summed E-state index contributed by atoms with van der Waals surface area (Å²) in [4.78, 5) is 6.36. The van der Waals surface area contributed by atoms with E-state index in [1.807, 2.05) is 35.9 Å². The Hall–Kier alpha value is -2.08. The van der Waals surface area contributed by atoms with Gasteiger partial charge in [0.2, 0.25) is 0 Å². The second-order valence-electron chi connectivity index (χ2n) is 4.92. The minimum atomic E-state index is 0.589. The number of hydrogen-bond donors (Lipinski definition) is 1. The van der Waals surface area contributed by atoms with Gasteiger partial charge in [0, 0.05) is 32.2 Å². The first-order chi connectivity index (χ1) is 10.6. The number of aryl methyl sites for hydroxylation is 1. The van der Waals surface area contributed by atoms with Crippen LogP contribution in [0.4, 0.5) is 0 Å². The lowest BCUT2D eigenvalue weighted by Crippen LogP contribution is -2.38. The first-order valence-corrected chi connectivity index (χ1v) is 7.54. The van der Waals surface area contributed by atoms with Gasteiger partial charge in [0.15, 0.2) is 11.8 Å². The summed E-state index contributed by atoms with van der Waals surface area (Å²) in [5.74, 6) is 1.70. The molecule has 1 heterocycles. The molecule has 1 N–H and O–H groups in total. The Bertz CT molecular complexity index is 619. The maximum absolute atomic E-state index is 5.91. The van der Waals surface area contributed by atoms with Crippen LogP contribution in [-0.2, 0) is 19.6 Å². The van der Waals surface area contributed by atoms with Gasteiger partial charge in [0.05, 0.1) is 6.54 Å². The number of benzene rings is 1. The molecule has 0 amide bonds. The fourth-order valence-corrected chi connectivity index (χ4v) is 2.29. The zero-order valence-electron chi connectivity index (χ0n) is 13.1. The van der Waals surface area contributed by atoms with E-state index in [0.29, 0.717) is 6.54 Å². The van der Waals surface area contributed by atoms with Crippen LogP contribution in [0.5, 0.6) is 0 Å². The highest BCUT2D eigenvalue weighted by atomic mass is 35.5. The SMILES string of the molecule is CCn1cnnc1CNC(=NC)N(C)Cc1ccc(Cl)cc1. The molecule has 6 nitrogen and oxygen atoms in total. The zero-order valence-corrected chi connectivity index (χ0v) is 13.9. The van der Waals surface area contributed by atoms with Crippen molar-refractivity contribution >= 4 is 17.6 Å². The molecule has 1 aromatic carbocycles. The van der Waals surface area contributed by atoms with Crippen LogP contribution in [0, 0.1) is 0 Å². The Labute approximate surface area is 135 Å². The number of hydrogen-bond acceptors (Lipinski definition) is 3. The van der Waals surface area contributed by atoms with Crippen molar-refractivity contribution in [2.45, 2.75) is 26.6 Å². The van der Waals surface area contributed by atoms with E-state index in [1.165, 1.54) is 5.56 Å². The van der Waals surface area contributed by atoms with Crippen LogP contribution in [0.25, 0.3) is 0 Å². The monoisotopic (exact) mass is 320 g/mol. The molecule has 0 fully saturated rings. The van der Waals surface area contributed by atoms with E-state index in [9.17, 15) is 0 Å². The van der Waals surface area contributed by atoms with Gasteiger partial charge >= 0.3 is 0 Å². The van der Waals surface area contributed by atoms with Crippen LogP contribution < -0.4 is 5.32 Å². The van der Waals surface area contributed by atoms with Gasteiger partial charge in [-0.05, 0) is 24.6 Å². The minimum Gasteiger partial charge on any atom is -0.349 e. The molecule has 22 heavy (non-hydrogen) atoms. The average molecular weight is 321 g/mol. The Morgan fingerprint density at radius 3 is 2.73 bits per heavy atom. The molecule has 118 valence electrons. The van der Waals surface area contributed by atoms with Gasteiger partial charge in [0.1, 0.15) is 6.33 Å². The Morgan fingerprint density at radius 1 is 1.36 bits per heavy atom. The second kappa shape index (κ2) is 7.79. The van der Waals surface area contributed by atoms with E-state index in [0.717, 1.165) is 29.9 Å². The normalized spacial score (nSPS) is 11.5. The fourth-order valence-electron chi connectivity index (χ4n) is 2.16. The van der Waals surface area contributed by atoms with Gasteiger partial charge in [0.25, 0.3) is 0 Å². The van der Waals surface area contributed by atoms with E-state index in [-0.39, 0.29) is 0 Å². The molecule has 0 radical (unpaired) electrons. The highest BCUT2D eigenvalue weighted by molar-refractivity contribution is 6.30. The van der Waals surface area contributed by atoms with Crippen LogP contribution in [-0.4, -0.2) is 39.7 Å². The number of aliphatic imine (C=N–C) groups is 1. The quantitative estimate of drug-likeness (QED) is 0.677. The summed E-state index contributed by atoms with van der Waals surface area (Å²) in [6.07, 6.45) is 1.73. The topological polar surface area (TPSA) is 58.3 Å². The molecule has 2 aromatic rings. The highest BCUT2D eigenvalue weighted by Gasteiger charge is 2.09. The molecule has 0 aliphatic rings. The van der Waals surface area contributed by atoms with Crippen LogP contribution in [0.15, 0.2) is 35.6 Å². The van der Waals surface area contributed by atoms with Gasteiger partial charge in [-0.25, -0.2) is 0 Å². The molecule has 0 spiro atoms. The summed E-state index contributed by atoms with van der Waals surface area (Å²) in [7, 11) is 3.76. The summed E-state index contributed by atoms with van der Waals surface area (Å²) in [5.41, 5.74) is 1.17. The first kappa shape index (κ1) is 16.3. The van der Waals surface area contributed by atoms with Crippen molar-refractivity contribution in [1.29, 1.82) is 0 Å². The van der Waals surface area contributed by atoms with Crippen LogP contribution >= 0.6 is 11.6 Å².